The molecule has 1 aromatic heterocycles. The standard InChI is InChI=1S/C17H13F2N3O/c18-11-2-5-15-10(7-11)1-4-16(22-15)14(20)9-21-12-3-6-17(23)13(19)8-12/h1-9,21,23H,20H2/b14-9-. The van der Waals surface area contributed by atoms with Gasteiger partial charge in [0, 0.05) is 23.3 Å². The number of nitrogens with zero attached hydrogens (tertiary/aromatic N) is 1. The minimum atomic E-state index is -0.729. The van der Waals surface area contributed by atoms with Crippen molar-refractivity contribution in [3.63, 3.8) is 0 Å². The van der Waals surface area contributed by atoms with E-state index < -0.39 is 11.6 Å². The third-order valence-electron chi connectivity index (χ3n) is 3.29. The zero-order chi connectivity index (χ0) is 16.4. The van der Waals surface area contributed by atoms with Gasteiger partial charge >= 0.3 is 0 Å². The van der Waals surface area contributed by atoms with Crippen LogP contribution in [0.5, 0.6) is 5.75 Å². The number of hydrogen-bond donors (Lipinski definition) is 3. The number of aromatic hydroxyl groups is 1. The fraction of sp³-hybridized carbons (Fsp3) is 0. The molecule has 0 fully saturated rings. The molecule has 4 N–H and O–H groups in total. The van der Waals surface area contributed by atoms with Gasteiger partial charge in [-0.2, -0.15) is 0 Å². The number of phenolic OH excluding ortho intramolecular Hbond substituents is 1. The minimum absolute atomic E-state index is 0.327. The van der Waals surface area contributed by atoms with Crippen molar-refractivity contribution in [2.75, 3.05) is 5.32 Å². The Balaban J connectivity index is 1.85. The molecule has 3 aromatic rings. The Morgan fingerprint density at radius 3 is 2.70 bits per heavy atom. The summed E-state index contributed by atoms with van der Waals surface area (Å²) < 4.78 is 26.4. The summed E-state index contributed by atoms with van der Waals surface area (Å²) in [6.45, 7) is 0. The zero-order valence-corrected chi connectivity index (χ0v) is 11.9. The highest BCUT2D eigenvalue weighted by Gasteiger charge is 2.04. The summed E-state index contributed by atoms with van der Waals surface area (Å²) in [7, 11) is 0. The number of hydrogen-bond acceptors (Lipinski definition) is 4. The van der Waals surface area contributed by atoms with E-state index >= 15 is 0 Å². The number of halogens is 2. The molecular formula is C17H13F2N3O. The second-order valence-electron chi connectivity index (χ2n) is 4.94. The molecule has 23 heavy (non-hydrogen) atoms. The van der Waals surface area contributed by atoms with E-state index in [4.69, 9.17) is 10.8 Å². The Bertz CT molecular complexity index is 909. The molecule has 0 aliphatic heterocycles. The van der Waals surface area contributed by atoms with Crippen molar-refractivity contribution in [1.29, 1.82) is 0 Å². The number of rotatable bonds is 3. The summed E-state index contributed by atoms with van der Waals surface area (Å²) in [5, 5.41) is 12.6. The number of pyridine rings is 1. The molecule has 0 bridgehead atoms. The van der Waals surface area contributed by atoms with Gasteiger partial charge in [0.2, 0.25) is 0 Å². The molecule has 1 heterocycles. The number of fused-ring (bicyclic) bond motifs is 1. The van der Waals surface area contributed by atoms with Gasteiger partial charge in [0.1, 0.15) is 5.82 Å². The van der Waals surface area contributed by atoms with E-state index in [9.17, 15) is 8.78 Å². The molecule has 0 saturated carbocycles. The van der Waals surface area contributed by atoms with Crippen molar-refractivity contribution in [3.05, 3.63) is 72.1 Å². The lowest BCUT2D eigenvalue weighted by Crippen LogP contribution is -2.02. The van der Waals surface area contributed by atoms with Gasteiger partial charge in [0.15, 0.2) is 11.6 Å². The number of anilines is 1. The van der Waals surface area contributed by atoms with Crippen LogP contribution in [-0.4, -0.2) is 10.1 Å². The predicted molar refractivity (Wildman–Crippen MR) is 85.6 cm³/mol. The van der Waals surface area contributed by atoms with Crippen LogP contribution >= 0.6 is 0 Å². The molecular weight excluding hydrogens is 300 g/mol. The van der Waals surface area contributed by atoms with Gasteiger partial charge in [-0.1, -0.05) is 6.07 Å². The van der Waals surface area contributed by atoms with Gasteiger partial charge < -0.3 is 16.2 Å². The largest absolute Gasteiger partial charge is 0.505 e. The van der Waals surface area contributed by atoms with E-state index in [-0.39, 0.29) is 5.82 Å². The van der Waals surface area contributed by atoms with Crippen LogP contribution in [0.3, 0.4) is 0 Å². The van der Waals surface area contributed by atoms with E-state index in [2.05, 4.69) is 10.3 Å². The quantitative estimate of drug-likeness (QED) is 0.646. The van der Waals surface area contributed by atoms with E-state index in [1.165, 1.54) is 30.5 Å². The maximum atomic E-state index is 13.2. The van der Waals surface area contributed by atoms with Crippen LogP contribution in [0.2, 0.25) is 0 Å². The van der Waals surface area contributed by atoms with Gasteiger partial charge in [-0.15, -0.1) is 0 Å². The third kappa shape index (κ3) is 3.21. The first-order valence-electron chi connectivity index (χ1n) is 6.80. The van der Waals surface area contributed by atoms with Crippen molar-refractivity contribution < 1.29 is 13.9 Å². The Morgan fingerprint density at radius 1 is 1.09 bits per heavy atom. The normalized spacial score (nSPS) is 11.7. The summed E-state index contributed by atoms with van der Waals surface area (Å²) in [4.78, 5) is 4.35. The molecule has 0 saturated heterocycles. The maximum Gasteiger partial charge on any atom is 0.166 e. The lowest BCUT2D eigenvalue weighted by Gasteiger charge is -2.06. The summed E-state index contributed by atoms with van der Waals surface area (Å²) >= 11 is 0. The predicted octanol–water partition coefficient (Wildman–Crippen LogP) is 3.59. The second kappa shape index (κ2) is 5.92. The van der Waals surface area contributed by atoms with Crippen LogP contribution < -0.4 is 11.1 Å². The van der Waals surface area contributed by atoms with Crippen LogP contribution in [0.1, 0.15) is 5.69 Å². The molecule has 0 atom stereocenters. The molecule has 0 radical (unpaired) electrons. The number of aromatic nitrogens is 1. The highest BCUT2D eigenvalue weighted by atomic mass is 19.1. The topological polar surface area (TPSA) is 71.2 Å². The monoisotopic (exact) mass is 313 g/mol. The summed E-state index contributed by atoms with van der Waals surface area (Å²) in [6, 6.07) is 11.6. The van der Waals surface area contributed by atoms with Crippen LogP contribution in [0.25, 0.3) is 16.6 Å². The average Bonchev–Trinajstić information content (AvgIpc) is 2.55. The van der Waals surface area contributed by atoms with Crippen molar-refractivity contribution in [2.45, 2.75) is 0 Å². The molecule has 0 aliphatic rings. The highest BCUT2D eigenvalue weighted by Crippen LogP contribution is 2.20. The SMILES string of the molecule is N/C(=C\Nc1ccc(O)c(F)c1)c1ccc2cc(F)ccc2n1. The number of phenols is 1. The van der Waals surface area contributed by atoms with Crippen LogP contribution in [-0.2, 0) is 0 Å². The first kappa shape index (κ1) is 14.8. The van der Waals surface area contributed by atoms with E-state index in [0.29, 0.717) is 28.0 Å². The summed E-state index contributed by atoms with van der Waals surface area (Å²) in [5.74, 6) is -1.48. The molecule has 0 aliphatic carbocycles. The molecule has 4 nitrogen and oxygen atoms in total. The molecule has 0 unspecified atom stereocenters. The van der Waals surface area contributed by atoms with Gasteiger partial charge in [-0.05, 0) is 36.4 Å². The van der Waals surface area contributed by atoms with Crippen LogP contribution in [0.15, 0.2) is 54.7 Å². The van der Waals surface area contributed by atoms with Gasteiger partial charge in [-0.25, -0.2) is 13.8 Å². The molecule has 2 aromatic carbocycles. The highest BCUT2D eigenvalue weighted by molar-refractivity contribution is 5.80. The second-order valence-corrected chi connectivity index (χ2v) is 4.94. The number of nitrogens with two attached hydrogens (primary N) is 1. The van der Waals surface area contributed by atoms with Crippen molar-refractivity contribution in [3.8, 4) is 5.75 Å². The van der Waals surface area contributed by atoms with Crippen LogP contribution in [0, 0.1) is 11.6 Å². The average molecular weight is 313 g/mol. The first-order chi connectivity index (χ1) is 11.0. The lowest BCUT2D eigenvalue weighted by molar-refractivity contribution is 0.432. The molecule has 3 rings (SSSR count). The van der Waals surface area contributed by atoms with E-state index in [1.807, 2.05) is 0 Å². The van der Waals surface area contributed by atoms with Gasteiger partial charge in [0.05, 0.1) is 16.9 Å². The van der Waals surface area contributed by atoms with E-state index in [0.717, 1.165) is 6.07 Å². The Labute approximate surface area is 130 Å². The fourth-order valence-electron chi connectivity index (χ4n) is 2.09. The van der Waals surface area contributed by atoms with Crippen molar-refractivity contribution in [1.82, 2.24) is 4.98 Å². The van der Waals surface area contributed by atoms with Gasteiger partial charge in [0.25, 0.3) is 0 Å². The van der Waals surface area contributed by atoms with Crippen LogP contribution in [0.4, 0.5) is 14.5 Å². The Kier molecular flexibility index (Phi) is 3.80. The molecule has 0 amide bonds. The summed E-state index contributed by atoms with van der Waals surface area (Å²) in [5.41, 5.74) is 7.86. The van der Waals surface area contributed by atoms with Crippen molar-refractivity contribution >= 4 is 22.3 Å². The molecule has 116 valence electrons. The molecule has 0 spiro atoms. The maximum absolute atomic E-state index is 13.2. The number of nitrogens with one attached hydrogen (secondary N) is 1. The first-order valence-corrected chi connectivity index (χ1v) is 6.80. The van der Waals surface area contributed by atoms with E-state index in [1.54, 1.807) is 18.2 Å². The summed E-state index contributed by atoms with van der Waals surface area (Å²) in [6.07, 6.45) is 1.48. The smallest absolute Gasteiger partial charge is 0.166 e. The third-order valence-corrected chi connectivity index (χ3v) is 3.29. The van der Waals surface area contributed by atoms with Crippen molar-refractivity contribution in [2.24, 2.45) is 5.73 Å². The zero-order valence-electron chi connectivity index (χ0n) is 11.9. The molecule has 6 heteroatoms. The minimum Gasteiger partial charge on any atom is -0.505 e. The fourth-order valence-corrected chi connectivity index (χ4v) is 2.09. The Morgan fingerprint density at radius 2 is 1.91 bits per heavy atom. The van der Waals surface area contributed by atoms with Gasteiger partial charge in [-0.3, -0.25) is 0 Å². The lowest BCUT2D eigenvalue weighted by atomic mass is 10.2. The Hall–Kier alpha value is -3.15. The number of benzene rings is 2.